The molecule has 190 valence electrons. The van der Waals surface area contributed by atoms with Crippen molar-refractivity contribution < 1.29 is 9.22 Å². The molecule has 0 saturated heterocycles. The highest BCUT2D eigenvalue weighted by molar-refractivity contribution is 7.18. The highest BCUT2D eigenvalue weighted by Crippen LogP contribution is 2.36. The van der Waals surface area contributed by atoms with Gasteiger partial charge in [0.2, 0.25) is 0 Å². The summed E-state index contributed by atoms with van der Waals surface area (Å²) in [6.45, 7) is 14.3. The summed E-state index contributed by atoms with van der Waals surface area (Å²) in [5.41, 5.74) is 2.51. The van der Waals surface area contributed by atoms with Crippen molar-refractivity contribution >= 4 is 35.7 Å². The van der Waals surface area contributed by atoms with Gasteiger partial charge in [0.1, 0.15) is 5.78 Å². The topological polar surface area (TPSA) is 39.2 Å². The lowest BCUT2D eigenvalue weighted by Crippen LogP contribution is -2.40. The van der Waals surface area contributed by atoms with Crippen LogP contribution in [0.1, 0.15) is 95.6 Å². The van der Waals surface area contributed by atoms with E-state index in [9.17, 15) is 4.79 Å². The zero-order chi connectivity index (χ0) is 25.0. The van der Waals surface area contributed by atoms with Crippen LogP contribution in [0.2, 0.25) is 18.1 Å². The lowest BCUT2D eigenvalue weighted by molar-refractivity contribution is -0.119. The summed E-state index contributed by atoms with van der Waals surface area (Å²) in [6.07, 6.45) is 16.0. The summed E-state index contributed by atoms with van der Waals surface area (Å²) in [5, 5.41) is 1.40. The van der Waals surface area contributed by atoms with Gasteiger partial charge in [-0.2, -0.15) is 0 Å². The largest absolute Gasteiger partial charge is 0.417 e. The number of fused-ring (bicyclic) bond motifs is 1. The third-order valence-corrected chi connectivity index (χ3v) is 12.5. The monoisotopic (exact) mass is 501 g/mol. The van der Waals surface area contributed by atoms with Gasteiger partial charge in [-0.05, 0) is 87.7 Å². The molecule has 0 unspecified atom stereocenters. The van der Waals surface area contributed by atoms with Crippen molar-refractivity contribution in [3.63, 3.8) is 0 Å². The van der Waals surface area contributed by atoms with Gasteiger partial charge >= 0.3 is 0 Å². The fourth-order valence-electron chi connectivity index (χ4n) is 3.76. The Hall–Kier alpha value is -1.30. The molecule has 0 N–H and O–H groups in total. The van der Waals surface area contributed by atoms with Crippen LogP contribution in [0, 0.1) is 6.92 Å². The average molecular weight is 502 g/mol. The van der Waals surface area contributed by atoms with Crippen molar-refractivity contribution in [1.29, 1.82) is 0 Å². The lowest BCUT2D eigenvalue weighted by Gasteiger charge is -2.36. The summed E-state index contributed by atoms with van der Waals surface area (Å²) in [7, 11) is -1.64. The maximum atomic E-state index is 12.1. The van der Waals surface area contributed by atoms with Gasteiger partial charge in [0, 0.05) is 19.4 Å². The lowest BCUT2D eigenvalue weighted by atomic mass is 10.0. The number of carbonyl (C=O) groups excluding carboxylic acids is 1. The molecule has 5 heteroatoms. The van der Waals surface area contributed by atoms with Crippen molar-refractivity contribution in [2.75, 3.05) is 6.61 Å². The molecule has 0 atom stereocenters. The van der Waals surface area contributed by atoms with Crippen LogP contribution in [0.25, 0.3) is 10.2 Å². The third-order valence-electron chi connectivity index (χ3n) is 7.02. The van der Waals surface area contributed by atoms with Gasteiger partial charge in [-0.15, -0.1) is 11.3 Å². The number of unbranched alkanes of at least 4 members (excludes halogenated alkanes) is 5. The van der Waals surface area contributed by atoms with Gasteiger partial charge in [0.25, 0.3) is 0 Å². The standard InChI is InChI=1S/C29H47NO2SSi/c1-24-30-27-23-25(20-21-28(27)33-24)17-13-11-9-7-8-10-12-14-18-26(31)19-15-16-22-32-34(5,6)29(2,3)4/h9,11,20-21,23H,7-8,10,12-19,22H2,1-6H3. The zero-order valence-electron chi connectivity index (χ0n) is 22.5. The van der Waals surface area contributed by atoms with Crippen LogP contribution in [0.5, 0.6) is 0 Å². The minimum Gasteiger partial charge on any atom is -0.417 e. The van der Waals surface area contributed by atoms with Crippen LogP contribution in [0.4, 0.5) is 0 Å². The number of thiazole rings is 1. The molecule has 2 aromatic rings. The van der Waals surface area contributed by atoms with E-state index in [1.165, 1.54) is 29.5 Å². The first-order valence-electron chi connectivity index (χ1n) is 13.3. The molecular weight excluding hydrogens is 454 g/mol. The van der Waals surface area contributed by atoms with Crippen LogP contribution in [0.3, 0.4) is 0 Å². The summed E-state index contributed by atoms with van der Waals surface area (Å²) in [5.74, 6) is 0.429. The minimum absolute atomic E-state index is 0.259. The SMILES string of the molecule is Cc1nc2cc(CCC=CCCCCCCC(=O)CCCCO[Si](C)(C)C(C)(C)C)ccc2s1. The molecule has 0 amide bonds. The number of carbonyl (C=O) groups is 1. The van der Waals surface area contributed by atoms with E-state index < -0.39 is 8.32 Å². The summed E-state index contributed by atoms with van der Waals surface area (Å²) in [4.78, 5) is 16.7. The van der Waals surface area contributed by atoms with E-state index >= 15 is 0 Å². The highest BCUT2D eigenvalue weighted by Gasteiger charge is 2.36. The van der Waals surface area contributed by atoms with Gasteiger partial charge in [-0.25, -0.2) is 4.98 Å². The first-order valence-corrected chi connectivity index (χ1v) is 17.0. The molecule has 0 saturated carbocycles. The Balaban J connectivity index is 1.43. The van der Waals surface area contributed by atoms with Crippen LogP contribution in [-0.4, -0.2) is 25.7 Å². The molecule has 1 aromatic heterocycles. The van der Waals surface area contributed by atoms with E-state index in [0.717, 1.165) is 68.5 Å². The zero-order valence-corrected chi connectivity index (χ0v) is 24.4. The fourth-order valence-corrected chi connectivity index (χ4v) is 5.66. The number of aromatic nitrogens is 1. The molecular formula is C29H47NO2SSi. The van der Waals surface area contributed by atoms with E-state index in [0.29, 0.717) is 5.78 Å². The Labute approximate surface area is 213 Å². The number of allylic oxidation sites excluding steroid dienone is 2. The molecule has 1 heterocycles. The van der Waals surface area contributed by atoms with Crippen molar-refractivity contribution in [3.05, 3.63) is 40.9 Å². The normalized spacial score (nSPS) is 12.8. The Morgan fingerprint density at radius 2 is 1.68 bits per heavy atom. The summed E-state index contributed by atoms with van der Waals surface area (Å²) >= 11 is 1.76. The van der Waals surface area contributed by atoms with Crippen molar-refractivity contribution in [2.24, 2.45) is 0 Å². The van der Waals surface area contributed by atoms with Crippen molar-refractivity contribution in [2.45, 2.75) is 116 Å². The van der Waals surface area contributed by atoms with E-state index in [1.807, 2.05) is 0 Å². The quantitative estimate of drug-likeness (QED) is 0.131. The minimum atomic E-state index is -1.64. The van der Waals surface area contributed by atoms with E-state index in [4.69, 9.17) is 4.43 Å². The Morgan fingerprint density at radius 3 is 2.41 bits per heavy atom. The molecule has 3 nitrogen and oxygen atoms in total. The second-order valence-electron chi connectivity index (χ2n) is 11.1. The predicted molar refractivity (Wildman–Crippen MR) is 152 cm³/mol. The predicted octanol–water partition coefficient (Wildman–Crippen LogP) is 9.20. The second-order valence-corrected chi connectivity index (χ2v) is 17.1. The first-order chi connectivity index (χ1) is 16.1. The Kier molecular flexibility index (Phi) is 12.2. The van der Waals surface area contributed by atoms with Gasteiger partial charge in [-0.3, -0.25) is 4.79 Å². The maximum Gasteiger partial charge on any atom is 0.191 e. The molecule has 2 rings (SSSR count). The van der Waals surface area contributed by atoms with Crippen LogP contribution in [-0.2, 0) is 15.6 Å². The van der Waals surface area contributed by atoms with Crippen LogP contribution >= 0.6 is 11.3 Å². The average Bonchev–Trinajstić information content (AvgIpc) is 3.13. The van der Waals surface area contributed by atoms with E-state index in [-0.39, 0.29) is 5.04 Å². The third kappa shape index (κ3) is 10.5. The van der Waals surface area contributed by atoms with E-state index in [1.54, 1.807) is 11.3 Å². The number of benzene rings is 1. The van der Waals surface area contributed by atoms with Gasteiger partial charge in [0.05, 0.1) is 15.2 Å². The molecule has 0 aliphatic carbocycles. The molecule has 0 radical (unpaired) electrons. The smallest absolute Gasteiger partial charge is 0.191 e. The number of nitrogens with zero attached hydrogens (tertiary/aromatic N) is 1. The second kappa shape index (κ2) is 14.3. The molecule has 0 bridgehead atoms. The van der Waals surface area contributed by atoms with Gasteiger partial charge in [0.15, 0.2) is 8.32 Å². The Morgan fingerprint density at radius 1 is 1.00 bits per heavy atom. The van der Waals surface area contributed by atoms with E-state index in [2.05, 4.69) is 76.1 Å². The number of aryl methyl sites for hydroxylation is 2. The Bertz CT molecular complexity index is 910. The maximum absolute atomic E-state index is 12.1. The number of hydrogen-bond acceptors (Lipinski definition) is 4. The first kappa shape index (κ1) is 28.9. The number of Topliss-reactive ketones (excluding diaryl/α,β-unsaturated/α-hetero) is 1. The fraction of sp³-hybridized carbons (Fsp3) is 0.655. The number of ketones is 1. The van der Waals surface area contributed by atoms with Crippen LogP contribution < -0.4 is 0 Å². The van der Waals surface area contributed by atoms with Crippen molar-refractivity contribution in [1.82, 2.24) is 4.98 Å². The molecule has 0 fully saturated rings. The number of rotatable bonds is 16. The molecule has 0 spiro atoms. The molecule has 1 aromatic carbocycles. The van der Waals surface area contributed by atoms with Gasteiger partial charge in [-0.1, -0.05) is 51.8 Å². The van der Waals surface area contributed by atoms with Gasteiger partial charge < -0.3 is 4.43 Å². The van der Waals surface area contributed by atoms with Crippen LogP contribution in [0.15, 0.2) is 30.4 Å². The summed E-state index contributed by atoms with van der Waals surface area (Å²) in [6, 6.07) is 6.67. The summed E-state index contributed by atoms with van der Waals surface area (Å²) < 4.78 is 7.48. The van der Waals surface area contributed by atoms with Crippen molar-refractivity contribution in [3.8, 4) is 0 Å². The molecule has 0 aliphatic heterocycles. The number of hydrogen-bond donors (Lipinski definition) is 0. The molecule has 0 aliphatic rings. The highest BCUT2D eigenvalue weighted by atomic mass is 32.1. The molecule has 34 heavy (non-hydrogen) atoms.